The molecule has 1 aromatic carbocycles. The summed E-state index contributed by atoms with van der Waals surface area (Å²) in [5.74, 6) is 0.690. The molecule has 1 aromatic rings. The van der Waals surface area contributed by atoms with Crippen LogP contribution >= 0.6 is 12.2 Å². The molecule has 0 radical (unpaired) electrons. The lowest BCUT2D eigenvalue weighted by Crippen LogP contribution is -2.53. The van der Waals surface area contributed by atoms with Crippen molar-refractivity contribution in [2.24, 2.45) is 11.8 Å². The van der Waals surface area contributed by atoms with Crippen LogP contribution in [-0.2, 0) is 4.79 Å². The molecule has 0 aromatic heterocycles. The molecule has 3 atom stereocenters. The number of thiocarbonyl (C=S) groups is 1. The van der Waals surface area contributed by atoms with Crippen LogP contribution in [0.2, 0.25) is 0 Å². The van der Waals surface area contributed by atoms with Crippen LogP contribution in [0, 0.1) is 17.7 Å². The first-order valence-corrected chi connectivity index (χ1v) is 8.60. The summed E-state index contributed by atoms with van der Waals surface area (Å²) in [7, 11) is 0. The van der Waals surface area contributed by atoms with Gasteiger partial charge in [0.25, 0.3) is 5.91 Å². The predicted octanol–water partition coefficient (Wildman–Crippen LogP) is 2.52. The van der Waals surface area contributed by atoms with Gasteiger partial charge in [0, 0.05) is 12.1 Å². The smallest absolute Gasteiger partial charge is 0.276 e. The Bertz CT molecular complexity index is 585. The maximum Gasteiger partial charge on any atom is 0.276 e. The minimum atomic E-state index is -0.410. The first kappa shape index (κ1) is 18.4. The van der Waals surface area contributed by atoms with Gasteiger partial charge in [0.05, 0.1) is 0 Å². The molecule has 3 N–H and O–H groups in total. The number of benzene rings is 1. The Hall–Kier alpha value is -1.89. The zero-order chi connectivity index (χ0) is 17.5. The van der Waals surface area contributed by atoms with Crippen molar-refractivity contribution in [1.29, 1.82) is 0 Å². The van der Waals surface area contributed by atoms with Crippen LogP contribution in [0.4, 0.5) is 4.39 Å². The Kier molecular flexibility index (Phi) is 6.78. The number of nitrogens with one attached hydrogen (secondary N) is 3. The molecule has 0 aliphatic heterocycles. The summed E-state index contributed by atoms with van der Waals surface area (Å²) in [4.78, 5) is 11.7. The molecule has 5 nitrogen and oxygen atoms in total. The van der Waals surface area contributed by atoms with Crippen molar-refractivity contribution >= 4 is 23.2 Å². The zero-order valence-corrected chi connectivity index (χ0v) is 14.8. The van der Waals surface area contributed by atoms with Crippen molar-refractivity contribution in [3.8, 4) is 5.75 Å². The average molecular weight is 353 g/mol. The van der Waals surface area contributed by atoms with Gasteiger partial charge in [0.2, 0.25) is 0 Å². The van der Waals surface area contributed by atoms with E-state index in [9.17, 15) is 9.18 Å². The molecule has 1 aliphatic carbocycles. The highest BCUT2D eigenvalue weighted by Crippen LogP contribution is 2.29. The van der Waals surface area contributed by atoms with Crippen LogP contribution in [0.15, 0.2) is 24.3 Å². The molecule has 1 aliphatic rings. The standard InChI is InChI=1S/C17H24FN3O2S/c1-11-5-3-8-15(12(11)2)19-17(24)21-20-16(22)10-23-14-7-4-6-13(18)9-14/h4,6-7,9,11-12,15H,3,5,8,10H2,1-2H3,(H,20,22)(H2,19,21,24)/t11-,12-,15-/m1/s1. The highest BCUT2D eigenvalue weighted by atomic mass is 32.1. The maximum absolute atomic E-state index is 13.0. The van der Waals surface area contributed by atoms with Gasteiger partial charge in [-0.25, -0.2) is 4.39 Å². The second kappa shape index (κ2) is 8.82. The predicted molar refractivity (Wildman–Crippen MR) is 94.9 cm³/mol. The third-order valence-corrected chi connectivity index (χ3v) is 4.72. The number of ether oxygens (including phenoxy) is 1. The molecule has 132 valence electrons. The summed E-state index contributed by atoms with van der Waals surface area (Å²) < 4.78 is 18.2. The summed E-state index contributed by atoms with van der Waals surface area (Å²) in [6, 6.07) is 5.95. The first-order valence-electron chi connectivity index (χ1n) is 8.19. The van der Waals surface area contributed by atoms with Crippen molar-refractivity contribution < 1.29 is 13.9 Å². The van der Waals surface area contributed by atoms with Crippen LogP contribution in [-0.4, -0.2) is 23.7 Å². The number of hydrogen-bond donors (Lipinski definition) is 3. The van der Waals surface area contributed by atoms with E-state index in [1.54, 1.807) is 6.07 Å². The van der Waals surface area contributed by atoms with E-state index in [0.717, 1.165) is 6.42 Å². The molecule has 0 unspecified atom stereocenters. The van der Waals surface area contributed by atoms with Crippen molar-refractivity contribution in [2.45, 2.75) is 39.2 Å². The number of amides is 1. The van der Waals surface area contributed by atoms with Crippen LogP contribution < -0.4 is 20.9 Å². The lowest BCUT2D eigenvalue weighted by Gasteiger charge is -2.35. The normalized spacial score (nSPS) is 23.2. The summed E-state index contributed by atoms with van der Waals surface area (Å²) >= 11 is 5.21. The van der Waals surface area contributed by atoms with E-state index in [-0.39, 0.29) is 6.61 Å². The molecule has 0 spiro atoms. The topological polar surface area (TPSA) is 62.4 Å². The molecule has 7 heteroatoms. The molecular formula is C17H24FN3O2S. The fraction of sp³-hybridized carbons (Fsp3) is 0.529. The number of rotatable bonds is 4. The van der Waals surface area contributed by atoms with Crippen LogP contribution in [0.3, 0.4) is 0 Å². The van der Waals surface area contributed by atoms with Crippen molar-refractivity contribution in [1.82, 2.24) is 16.2 Å². The average Bonchev–Trinajstić information content (AvgIpc) is 2.55. The quantitative estimate of drug-likeness (QED) is 0.574. The Balaban J connectivity index is 1.68. The van der Waals surface area contributed by atoms with Crippen molar-refractivity contribution in [3.63, 3.8) is 0 Å². The molecule has 1 saturated carbocycles. The SMILES string of the molecule is C[C@@H]1[C@H](C)CCC[C@H]1NC(=S)NNC(=O)COc1cccc(F)c1. The highest BCUT2D eigenvalue weighted by Gasteiger charge is 2.27. The van der Waals surface area contributed by atoms with Gasteiger partial charge in [-0.1, -0.05) is 32.8 Å². The molecule has 0 saturated heterocycles. The van der Waals surface area contributed by atoms with Gasteiger partial charge < -0.3 is 10.1 Å². The largest absolute Gasteiger partial charge is 0.484 e. The summed E-state index contributed by atoms with van der Waals surface area (Å²) in [6.07, 6.45) is 3.50. The summed E-state index contributed by atoms with van der Waals surface area (Å²) in [6.45, 7) is 4.24. The number of halogens is 1. The first-order chi connectivity index (χ1) is 11.5. The monoisotopic (exact) mass is 353 g/mol. The lowest BCUT2D eigenvalue weighted by atomic mass is 9.78. The Morgan fingerprint density at radius 1 is 1.33 bits per heavy atom. The van der Waals surface area contributed by atoms with Gasteiger partial charge in [-0.05, 0) is 42.6 Å². The van der Waals surface area contributed by atoms with Crippen LogP contribution in [0.25, 0.3) is 0 Å². The van der Waals surface area contributed by atoms with Crippen molar-refractivity contribution in [3.05, 3.63) is 30.1 Å². The third-order valence-electron chi connectivity index (χ3n) is 4.50. The summed E-state index contributed by atoms with van der Waals surface area (Å²) in [5.41, 5.74) is 5.15. The maximum atomic E-state index is 13.0. The highest BCUT2D eigenvalue weighted by molar-refractivity contribution is 7.80. The molecule has 1 amide bonds. The van der Waals surface area contributed by atoms with E-state index in [1.807, 2.05) is 0 Å². The van der Waals surface area contributed by atoms with Gasteiger partial charge in [-0.15, -0.1) is 0 Å². The Morgan fingerprint density at radius 2 is 2.12 bits per heavy atom. The van der Waals surface area contributed by atoms with E-state index in [1.165, 1.54) is 31.0 Å². The van der Waals surface area contributed by atoms with Crippen LogP contribution in [0.1, 0.15) is 33.1 Å². The molecule has 24 heavy (non-hydrogen) atoms. The zero-order valence-electron chi connectivity index (χ0n) is 14.0. The fourth-order valence-electron chi connectivity index (χ4n) is 2.86. The molecule has 0 heterocycles. The van der Waals surface area contributed by atoms with E-state index in [4.69, 9.17) is 17.0 Å². The molecule has 2 rings (SSSR count). The number of hydrogen-bond acceptors (Lipinski definition) is 3. The number of carbonyl (C=O) groups is 1. The summed E-state index contributed by atoms with van der Waals surface area (Å²) in [5, 5.41) is 3.64. The van der Waals surface area contributed by atoms with E-state index >= 15 is 0 Å². The minimum Gasteiger partial charge on any atom is -0.484 e. The lowest BCUT2D eigenvalue weighted by molar-refractivity contribution is -0.123. The van der Waals surface area contributed by atoms with Gasteiger partial charge in [-0.3, -0.25) is 15.6 Å². The van der Waals surface area contributed by atoms with E-state index in [2.05, 4.69) is 30.0 Å². The number of carbonyl (C=O) groups excluding carboxylic acids is 1. The van der Waals surface area contributed by atoms with E-state index < -0.39 is 11.7 Å². The third kappa shape index (κ3) is 5.63. The Labute approximate surface area is 147 Å². The van der Waals surface area contributed by atoms with Gasteiger partial charge >= 0.3 is 0 Å². The van der Waals surface area contributed by atoms with E-state index in [0.29, 0.717) is 28.7 Å². The van der Waals surface area contributed by atoms with Gasteiger partial charge in [0.15, 0.2) is 11.7 Å². The second-order valence-electron chi connectivity index (χ2n) is 6.27. The molecule has 0 bridgehead atoms. The Morgan fingerprint density at radius 3 is 2.88 bits per heavy atom. The second-order valence-corrected chi connectivity index (χ2v) is 6.67. The fourth-order valence-corrected chi connectivity index (χ4v) is 3.06. The van der Waals surface area contributed by atoms with Crippen LogP contribution in [0.5, 0.6) is 5.75 Å². The van der Waals surface area contributed by atoms with Gasteiger partial charge in [0.1, 0.15) is 11.6 Å². The minimum absolute atomic E-state index is 0.226. The number of hydrazine groups is 1. The molecule has 1 fully saturated rings. The van der Waals surface area contributed by atoms with Crippen molar-refractivity contribution in [2.75, 3.05) is 6.61 Å². The van der Waals surface area contributed by atoms with Gasteiger partial charge in [-0.2, -0.15) is 0 Å². The molecular weight excluding hydrogens is 329 g/mol.